The van der Waals surface area contributed by atoms with Crippen LogP contribution in [0.2, 0.25) is 0 Å². The Morgan fingerprint density at radius 3 is 2.17 bits per heavy atom. The van der Waals surface area contributed by atoms with Gasteiger partial charge in [-0.25, -0.2) is 0 Å². The molecule has 0 radical (unpaired) electrons. The van der Waals surface area contributed by atoms with Crippen molar-refractivity contribution in [2.24, 2.45) is 0 Å². The van der Waals surface area contributed by atoms with Crippen molar-refractivity contribution in [3.63, 3.8) is 0 Å². The maximum Gasteiger partial charge on any atom is 0.0471 e. The van der Waals surface area contributed by atoms with Crippen LogP contribution in [0.4, 0.5) is 0 Å². The van der Waals surface area contributed by atoms with Gasteiger partial charge in [0.25, 0.3) is 0 Å². The van der Waals surface area contributed by atoms with E-state index in [4.69, 9.17) is 5.11 Å². The van der Waals surface area contributed by atoms with Crippen LogP contribution >= 0.6 is 0 Å². The predicted octanol–water partition coefficient (Wildman–Crippen LogP) is 3.08. The van der Waals surface area contributed by atoms with Gasteiger partial charge in [0.05, 0.1) is 0 Å². The topological polar surface area (TPSA) is 20.2 Å². The van der Waals surface area contributed by atoms with E-state index in [-0.39, 0.29) is 6.61 Å². The highest BCUT2D eigenvalue weighted by Gasteiger charge is 1.88. The van der Waals surface area contributed by atoms with Crippen LogP contribution in [0.15, 0.2) is 36.5 Å². The van der Waals surface area contributed by atoms with E-state index >= 15 is 0 Å². The largest absolute Gasteiger partial charge is 0.396 e. The van der Waals surface area contributed by atoms with E-state index in [0.29, 0.717) is 6.42 Å². The maximum absolute atomic E-state index is 8.56. The first kappa shape index (κ1) is 13.7. The molecule has 0 spiro atoms. The molecular weight excluding hydrogens is 148 g/mol. The fraction of sp³-hybridized carbons (Fsp3) is 0.455. The zero-order valence-corrected chi connectivity index (χ0v) is 8.43. The molecule has 0 saturated heterocycles. The lowest BCUT2D eigenvalue weighted by Crippen LogP contribution is -1.84. The van der Waals surface area contributed by atoms with Crippen LogP contribution in [0.5, 0.6) is 0 Å². The van der Waals surface area contributed by atoms with Gasteiger partial charge in [0.2, 0.25) is 0 Å². The van der Waals surface area contributed by atoms with Crippen molar-refractivity contribution in [3.8, 4) is 0 Å². The summed E-state index contributed by atoms with van der Waals surface area (Å²) >= 11 is 0. The number of hydrogen-bond acceptors (Lipinski definition) is 1. The van der Waals surface area contributed by atoms with Crippen molar-refractivity contribution >= 4 is 0 Å². The predicted molar refractivity (Wildman–Crippen MR) is 56.1 cm³/mol. The molecule has 70 valence electrons. The number of aliphatic hydroxyl groups is 1. The SMILES string of the molecule is C=C/C(=C\C(=C)C)CCO.CC. The minimum Gasteiger partial charge on any atom is -0.396 e. The first-order chi connectivity index (χ1) is 5.70. The summed E-state index contributed by atoms with van der Waals surface area (Å²) in [5.74, 6) is 0. The molecule has 0 saturated carbocycles. The third kappa shape index (κ3) is 9.18. The van der Waals surface area contributed by atoms with Gasteiger partial charge in [0.15, 0.2) is 0 Å². The van der Waals surface area contributed by atoms with Crippen molar-refractivity contribution in [3.05, 3.63) is 36.5 Å². The highest BCUT2D eigenvalue weighted by atomic mass is 16.2. The van der Waals surface area contributed by atoms with Gasteiger partial charge in [0, 0.05) is 6.61 Å². The summed E-state index contributed by atoms with van der Waals surface area (Å²) in [7, 11) is 0. The van der Waals surface area contributed by atoms with Crippen LogP contribution in [0.25, 0.3) is 0 Å². The molecule has 0 fully saturated rings. The Balaban J connectivity index is 0. The van der Waals surface area contributed by atoms with E-state index < -0.39 is 0 Å². The van der Waals surface area contributed by atoms with E-state index in [2.05, 4.69) is 13.2 Å². The molecular formula is C11H20O. The van der Waals surface area contributed by atoms with Crippen LogP contribution in [-0.2, 0) is 0 Å². The first-order valence-corrected chi connectivity index (χ1v) is 4.30. The quantitative estimate of drug-likeness (QED) is 0.639. The summed E-state index contributed by atoms with van der Waals surface area (Å²) in [5.41, 5.74) is 2.03. The molecule has 0 heterocycles. The van der Waals surface area contributed by atoms with Gasteiger partial charge in [-0.2, -0.15) is 0 Å². The van der Waals surface area contributed by atoms with Gasteiger partial charge in [-0.1, -0.05) is 44.7 Å². The smallest absolute Gasteiger partial charge is 0.0471 e. The lowest BCUT2D eigenvalue weighted by molar-refractivity contribution is 0.300. The number of allylic oxidation sites excluding steroid dienone is 3. The Morgan fingerprint density at radius 2 is 1.92 bits per heavy atom. The normalized spacial score (nSPS) is 9.83. The molecule has 0 atom stereocenters. The molecule has 1 nitrogen and oxygen atoms in total. The van der Waals surface area contributed by atoms with E-state index in [9.17, 15) is 0 Å². The molecule has 12 heavy (non-hydrogen) atoms. The molecule has 0 unspecified atom stereocenters. The average Bonchev–Trinajstić information content (AvgIpc) is 2.07. The molecule has 0 aromatic heterocycles. The first-order valence-electron chi connectivity index (χ1n) is 4.30. The lowest BCUT2D eigenvalue weighted by atomic mass is 10.1. The number of rotatable bonds is 4. The summed E-state index contributed by atoms with van der Waals surface area (Å²) in [4.78, 5) is 0. The maximum atomic E-state index is 8.56. The Morgan fingerprint density at radius 1 is 1.42 bits per heavy atom. The summed E-state index contributed by atoms with van der Waals surface area (Å²) < 4.78 is 0. The monoisotopic (exact) mass is 168 g/mol. The van der Waals surface area contributed by atoms with Crippen molar-refractivity contribution in [2.75, 3.05) is 6.61 Å². The zero-order valence-electron chi connectivity index (χ0n) is 8.43. The second kappa shape index (κ2) is 10.2. The standard InChI is InChI=1S/C9H14O.C2H6/c1-4-9(5-6-10)7-8(2)3;1-2/h4,7,10H,1-2,5-6H2,3H3;1-2H3/b9-7+;. The Labute approximate surface area is 76.1 Å². The average molecular weight is 168 g/mol. The molecule has 0 aliphatic heterocycles. The van der Waals surface area contributed by atoms with Crippen molar-refractivity contribution in [2.45, 2.75) is 27.2 Å². The fourth-order valence-corrected chi connectivity index (χ4v) is 0.679. The Kier molecular flexibility index (Phi) is 11.7. The van der Waals surface area contributed by atoms with Crippen LogP contribution in [0.1, 0.15) is 27.2 Å². The van der Waals surface area contributed by atoms with Crippen LogP contribution < -0.4 is 0 Å². The Bertz CT molecular complexity index is 154. The van der Waals surface area contributed by atoms with Crippen LogP contribution in [-0.4, -0.2) is 11.7 Å². The number of hydrogen-bond donors (Lipinski definition) is 1. The van der Waals surface area contributed by atoms with Crippen molar-refractivity contribution in [1.29, 1.82) is 0 Å². The van der Waals surface area contributed by atoms with Gasteiger partial charge in [-0.05, 0) is 18.9 Å². The Hall–Kier alpha value is -0.820. The fourth-order valence-electron chi connectivity index (χ4n) is 0.679. The van der Waals surface area contributed by atoms with E-state index in [1.54, 1.807) is 6.08 Å². The molecule has 0 aliphatic rings. The van der Waals surface area contributed by atoms with E-state index in [0.717, 1.165) is 11.1 Å². The van der Waals surface area contributed by atoms with Crippen molar-refractivity contribution < 1.29 is 5.11 Å². The van der Waals surface area contributed by atoms with Crippen molar-refractivity contribution in [1.82, 2.24) is 0 Å². The van der Waals surface area contributed by atoms with E-state index in [1.807, 2.05) is 26.8 Å². The summed E-state index contributed by atoms with van der Waals surface area (Å²) in [6.07, 6.45) is 4.32. The second-order valence-corrected chi connectivity index (χ2v) is 2.24. The molecule has 0 amide bonds. The minimum atomic E-state index is 0.172. The van der Waals surface area contributed by atoms with E-state index in [1.165, 1.54) is 0 Å². The van der Waals surface area contributed by atoms with Gasteiger partial charge in [-0.15, -0.1) is 0 Å². The summed E-state index contributed by atoms with van der Waals surface area (Å²) in [6.45, 7) is 13.4. The molecule has 0 aromatic rings. The summed E-state index contributed by atoms with van der Waals surface area (Å²) in [5, 5.41) is 8.56. The van der Waals surface area contributed by atoms with Crippen LogP contribution in [0, 0.1) is 0 Å². The summed E-state index contributed by atoms with van der Waals surface area (Å²) in [6, 6.07) is 0. The molecule has 1 N–H and O–H groups in total. The molecule has 0 bridgehead atoms. The van der Waals surface area contributed by atoms with Gasteiger partial charge >= 0.3 is 0 Å². The molecule has 1 heteroatoms. The van der Waals surface area contributed by atoms with Gasteiger partial charge < -0.3 is 5.11 Å². The molecule has 0 aromatic carbocycles. The highest BCUT2D eigenvalue weighted by molar-refractivity contribution is 5.25. The zero-order chi connectivity index (χ0) is 9.98. The van der Waals surface area contributed by atoms with Crippen LogP contribution in [0.3, 0.4) is 0 Å². The van der Waals surface area contributed by atoms with Gasteiger partial charge in [0.1, 0.15) is 0 Å². The third-order valence-corrected chi connectivity index (χ3v) is 1.09. The minimum absolute atomic E-state index is 0.172. The lowest BCUT2D eigenvalue weighted by Gasteiger charge is -1.96. The molecule has 0 aliphatic carbocycles. The second-order valence-electron chi connectivity index (χ2n) is 2.24. The highest BCUT2D eigenvalue weighted by Crippen LogP contribution is 2.04. The molecule has 0 rings (SSSR count). The van der Waals surface area contributed by atoms with Gasteiger partial charge in [-0.3, -0.25) is 0 Å². The number of aliphatic hydroxyl groups excluding tert-OH is 1. The third-order valence-electron chi connectivity index (χ3n) is 1.09.